The van der Waals surface area contributed by atoms with E-state index in [0.29, 0.717) is 6.42 Å². The zero-order valence-corrected chi connectivity index (χ0v) is 13.4. The Labute approximate surface area is 136 Å². The lowest BCUT2D eigenvalue weighted by molar-refractivity contribution is 0.104. The van der Waals surface area contributed by atoms with Crippen LogP contribution in [0.25, 0.3) is 6.08 Å². The fraction of sp³-hybridized carbons (Fsp3) is 0.222. The Hall–Kier alpha value is -2.13. The van der Waals surface area contributed by atoms with E-state index in [1.54, 1.807) is 12.4 Å². The smallest absolute Gasteiger partial charge is 0.189 e. The minimum absolute atomic E-state index is 0. The lowest BCUT2D eigenvalue weighted by Gasteiger charge is -2.10. The molecule has 114 valence electrons. The number of ketones is 1. The Kier molecular flexibility index (Phi) is 4.99. The summed E-state index contributed by atoms with van der Waals surface area (Å²) in [6.45, 7) is 3.95. The van der Waals surface area contributed by atoms with Gasteiger partial charge in [0.05, 0.1) is 6.10 Å². The zero-order valence-electron chi connectivity index (χ0n) is 12.6. The molecule has 1 aromatic heterocycles. The molecule has 1 aliphatic carbocycles. The van der Waals surface area contributed by atoms with Gasteiger partial charge >= 0.3 is 0 Å². The van der Waals surface area contributed by atoms with Crippen LogP contribution in [0.1, 0.15) is 35.3 Å². The standard InChI is InChI=1S/C18H17NO2.ClH/c1-12(2)21-16-4-3-14-10-15(18(20)17(14)11-16)9-13-5-7-19-8-6-13;/h3-9,11-12H,10H2,1-2H3;1H/b15-9+;. The van der Waals surface area contributed by atoms with Gasteiger partial charge in [-0.05, 0) is 55.3 Å². The number of hydrogen-bond acceptors (Lipinski definition) is 3. The monoisotopic (exact) mass is 315 g/mol. The van der Waals surface area contributed by atoms with Crippen molar-refractivity contribution in [2.24, 2.45) is 0 Å². The van der Waals surface area contributed by atoms with Gasteiger partial charge in [0.1, 0.15) is 5.75 Å². The molecule has 1 heterocycles. The van der Waals surface area contributed by atoms with Crippen molar-refractivity contribution >= 4 is 24.3 Å². The third-order valence-electron chi connectivity index (χ3n) is 3.42. The number of benzene rings is 1. The number of hydrogen-bond donors (Lipinski definition) is 0. The molecule has 0 saturated carbocycles. The first-order valence-electron chi connectivity index (χ1n) is 7.08. The van der Waals surface area contributed by atoms with Crippen LogP contribution in [-0.4, -0.2) is 16.9 Å². The van der Waals surface area contributed by atoms with E-state index in [4.69, 9.17) is 4.74 Å². The Balaban J connectivity index is 0.00000176. The van der Waals surface area contributed by atoms with Crippen LogP contribution in [0.4, 0.5) is 0 Å². The van der Waals surface area contributed by atoms with Crippen molar-refractivity contribution in [2.45, 2.75) is 26.4 Å². The van der Waals surface area contributed by atoms with Gasteiger partial charge in [-0.25, -0.2) is 0 Å². The van der Waals surface area contributed by atoms with Crippen molar-refractivity contribution in [1.29, 1.82) is 0 Å². The average molecular weight is 316 g/mol. The van der Waals surface area contributed by atoms with Gasteiger partial charge in [0.2, 0.25) is 0 Å². The molecular weight excluding hydrogens is 298 g/mol. The molecule has 0 amide bonds. The average Bonchev–Trinajstić information content (AvgIpc) is 2.76. The molecule has 0 unspecified atom stereocenters. The van der Waals surface area contributed by atoms with E-state index in [-0.39, 0.29) is 24.3 Å². The maximum atomic E-state index is 12.5. The third kappa shape index (κ3) is 3.37. The lowest BCUT2D eigenvalue weighted by atomic mass is 10.1. The maximum Gasteiger partial charge on any atom is 0.189 e. The number of rotatable bonds is 3. The first-order valence-corrected chi connectivity index (χ1v) is 7.08. The highest BCUT2D eigenvalue weighted by Crippen LogP contribution is 2.30. The quantitative estimate of drug-likeness (QED) is 0.800. The summed E-state index contributed by atoms with van der Waals surface area (Å²) >= 11 is 0. The molecule has 0 saturated heterocycles. The highest BCUT2D eigenvalue weighted by Gasteiger charge is 2.25. The molecule has 0 fully saturated rings. The summed E-state index contributed by atoms with van der Waals surface area (Å²) in [7, 11) is 0. The van der Waals surface area contributed by atoms with Crippen LogP contribution < -0.4 is 4.74 Å². The Morgan fingerprint density at radius 2 is 1.91 bits per heavy atom. The van der Waals surface area contributed by atoms with Crippen molar-refractivity contribution in [2.75, 3.05) is 0 Å². The second-order valence-electron chi connectivity index (χ2n) is 5.44. The van der Waals surface area contributed by atoms with Gasteiger partial charge in [0.15, 0.2) is 5.78 Å². The van der Waals surface area contributed by atoms with Crippen LogP contribution in [0.3, 0.4) is 0 Å². The van der Waals surface area contributed by atoms with E-state index in [0.717, 1.165) is 28.0 Å². The van der Waals surface area contributed by atoms with Gasteiger partial charge in [0, 0.05) is 30.0 Å². The summed E-state index contributed by atoms with van der Waals surface area (Å²) in [6.07, 6.45) is 6.18. The first-order chi connectivity index (χ1) is 10.1. The van der Waals surface area contributed by atoms with Crippen LogP contribution in [0.5, 0.6) is 5.75 Å². The second kappa shape index (κ2) is 6.75. The number of carbonyl (C=O) groups excluding carboxylic acids is 1. The number of aromatic nitrogens is 1. The summed E-state index contributed by atoms with van der Waals surface area (Å²) in [6, 6.07) is 9.57. The number of pyridine rings is 1. The predicted octanol–water partition coefficient (Wildman–Crippen LogP) is 4.11. The summed E-state index contributed by atoms with van der Waals surface area (Å²) < 4.78 is 5.66. The van der Waals surface area contributed by atoms with Crippen LogP contribution in [0.15, 0.2) is 48.3 Å². The van der Waals surface area contributed by atoms with Gasteiger partial charge < -0.3 is 4.74 Å². The van der Waals surface area contributed by atoms with E-state index in [2.05, 4.69) is 4.98 Å². The van der Waals surface area contributed by atoms with E-state index in [9.17, 15) is 4.79 Å². The number of ether oxygens (including phenoxy) is 1. The van der Waals surface area contributed by atoms with Crippen molar-refractivity contribution in [3.8, 4) is 5.75 Å². The summed E-state index contributed by atoms with van der Waals surface area (Å²) in [5.74, 6) is 0.846. The highest BCUT2D eigenvalue weighted by molar-refractivity contribution is 6.15. The van der Waals surface area contributed by atoms with Crippen LogP contribution in [0.2, 0.25) is 0 Å². The van der Waals surface area contributed by atoms with Crippen molar-refractivity contribution in [1.82, 2.24) is 4.98 Å². The molecule has 3 rings (SSSR count). The lowest BCUT2D eigenvalue weighted by Crippen LogP contribution is -2.06. The molecule has 1 aliphatic rings. The number of Topliss-reactive ketones (excluding diaryl/α,β-unsaturated/α-hetero) is 1. The molecule has 2 aromatic rings. The Morgan fingerprint density at radius 3 is 2.59 bits per heavy atom. The van der Waals surface area contributed by atoms with Crippen molar-refractivity contribution in [3.05, 3.63) is 65.0 Å². The van der Waals surface area contributed by atoms with Gasteiger partial charge in [-0.15, -0.1) is 12.4 Å². The predicted molar refractivity (Wildman–Crippen MR) is 89.7 cm³/mol. The van der Waals surface area contributed by atoms with Crippen LogP contribution >= 0.6 is 12.4 Å². The molecule has 0 radical (unpaired) electrons. The Bertz CT molecular complexity index is 708. The molecule has 1 aromatic carbocycles. The third-order valence-corrected chi connectivity index (χ3v) is 3.42. The zero-order chi connectivity index (χ0) is 14.8. The topological polar surface area (TPSA) is 39.2 Å². The molecule has 0 atom stereocenters. The highest BCUT2D eigenvalue weighted by atomic mass is 35.5. The molecule has 4 heteroatoms. The number of carbonyl (C=O) groups is 1. The van der Waals surface area contributed by atoms with E-state index >= 15 is 0 Å². The molecule has 0 bridgehead atoms. The molecule has 0 aliphatic heterocycles. The van der Waals surface area contributed by atoms with Crippen molar-refractivity contribution < 1.29 is 9.53 Å². The summed E-state index contributed by atoms with van der Waals surface area (Å²) in [5.41, 5.74) is 3.64. The van der Waals surface area contributed by atoms with Crippen LogP contribution in [-0.2, 0) is 6.42 Å². The number of allylic oxidation sites excluding steroid dienone is 1. The van der Waals surface area contributed by atoms with E-state index in [1.165, 1.54) is 0 Å². The number of nitrogens with zero attached hydrogens (tertiary/aromatic N) is 1. The molecular formula is C18H18ClNO2. The fourth-order valence-electron chi connectivity index (χ4n) is 2.50. The second-order valence-corrected chi connectivity index (χ2v) is 5.44. The largest absolute Gasteiger partial charge is 0.491 e. The molecule has 0 N–H and O–H groups in total. The normalized spacial score (nSPS) is 14.9. The van der Waals surface area contributed by atoms with Gasteiger partial charge in [-0.2, -0.15) is 0 Å². The summed E-state index contributed by atoms with van der Waals surface area (Å²) in [4.78, 5) is 16.5. The maximum absolute atomic E-state index is 12.5. The van der Waals surface area contributed by atoms with E-state index in [1.807, 2.05) is 50.3 Å². The SMILES string of the molecule is CC(C)Oc1ccc2c(c1)C(=O)/C(=C/c1ccncc1)C2.Cl. The van der Waals surface area contributed by atoms with E-state index < -0.39 is 0 Å². The minimum Gasteiger partial charge on any atom is -0.491 e. The molecule has 3 nitrogen and oxygen atoms in total. The fourth-order valence-corrected chi connectivity index (χ4v) is 2.50. The van der Waals surface area contributed by atoms with Crippen molar-refractivity contribution in [3.63, 3.8) is 0 Å². The Morgan fingerprint density at radius 1 is 1.18 bits per heavy atom. The molecule has 0 spiro atoms. The minimum atomic E-state index is 0. The molecule has 22 heavy (non-hydrogen) atoms. The number of halogens is 1. The first kappa shape index (κ1) is 16.2. The van der Waals surface area contributed by atoms with Gasteiger partial charge in [-0.3, -0.25) is 9.78 Å². The van der Waals surface area contributed by atoms with Crippen LogP contribution in [0, 0.1) is 0 Å². The van der Waals surface area contributed by atoms with Gasteiger partial charge in [0.25, 0.3) is 0 Å². The summed E-state index contributed by atoms with van der Waals surface area (Å²) in [5, 5.41) is 0. The van der Waals surface area contributed by atoms with Gasteiger partial charge in [-0.1, -0.05) is 6.07 Å². The number of fused-ring (bicyclic) bond motifs is 1.